The Hall–Kier alpha value is -3.88. The summed E-state index contributed by atoms with van der Waals surface area (Å²) < 4.78 is 10.9. The highest BCUT2D eigenvalue weighted by atomic mass is 16.5. The summed E-state index contributed by atoms with van der Waals surface area (Å²) in [5.74, 6) is -0.349. The maximum absolute atomic E-state index is 13.2. The third-order valence-electron chi connectivity index (χ3n) is 8.37. The zero-order valence-corrected chi connectivity index (χ0v) is 22.6. The normalized spacial score (nSPS) is 21.7. The van der Waals surface area contributed by atoms with Gasteiger partial charge in [-0.05, 0) is 36.8 Å². The highest BCUT2D eigenvalue weighted by molar-refractivity contribution is 6.06. The molecule has 38 heavy (non-hydrogen) atoms. The van der Waals surface area contributed by atoms with Crippen molar-refractivity contribution in [2.24, 2.45) is 16.7 Å². The minimum absolute atomic E-state index is 0.111. The molecule has 2 aromatic rings. The topological polar surface area (TPSA) is 114 Å². The summed E-state index contributed by atoms with van der Waals surface area (Å²) in [6, 6.07) is 11.9. The summed E-state index contributed by atoms with van der Waals surface area (Å²) in [5.41, 5.74) is 0.336. The molecule has 1 saturated heterocycles. The summed E-state index contributed by atoms with van der Waals surface area (Å²) in [4.78, 5) is 52.9. The number of carbonyl (C=O) groups excluding carboxylic acids is 4. The van der Waals surface area contributed by atoms with Crippen LogP contribution in [0.25, 0.3) is 0 Å². The van der Waals surface area contributed by atoms with E-state index in [-0.39, 0.29) is 47.9 Å². The number of carbonyl (C=O) groups is 4. The number of nitrogens with one attached hydrogen (secondary N) is 2. The van der Waals surface area contributed by atoms with Crippen LogP contribution in [-0.4, -0.2) is 49.3 Å². The predicted octanol–water partition coefficient (Wildman–Crippen LogP) is 4.49. The maximum Gasteiger partial charge on any atom is 0.255 e. The summed E-state index contributed by atoms with van der Waals surface area (Å²) in [7, 11) is 2.93. The van der Waals surface area contributed by atoms with Crippen molar-refractivity contribution in [3.8, 4) is 11.5 Å². The standard InChI is InChI=1S/C29H35N3O6/c1-28(2)19-13-14-29(28,3)27(36)32(26(19)35)15-9-12-24(33)30-20-16-23(38-5)21(17-22(20)37-4)31-25(34)18-10-7-6-8-11-18/h6-8,10-11,16-17,19H,9,12-15H2,1-5H3,(H,30,33)(H,31,34). The number of amides is 4. The van der Waals surface area contributed by atoms with E-state index < -0.39 is 5.41 Å². The van der Waals surface area contributed by atoms with E-state index in [0.717, 1.165) is 0 Å². The van der Waals surface area contributed by atoms with Gasteiger partial charge in [-0.2, -0.15) is 0 Å². The van der Waals surface area contributed by atoms with Gasteiger partial charge in [-0.3, -0.25) is 24.1 Å². The van der Waals surface area contributed by atoms with Gasteiger partial charge in [0, 0.05) is 36.6 Å². The van der Waals surface area contributed by atoms with Crippen LogP contribution in [0, 0.1) is 16.7 Å². The molecular formula is C29H35N3O6. The SMILES string of the molecule is COc1cc(NC(=O)c2ccccc2)c(OC)cc1NC(=O)CCCN1C(=O)C2CCC(C)(C1=O)C2(C)C. The third kappa shape index (κ3) is 4.73. The second-order valence-electron chi connectivity index (χ2n) is 10.7. The van der Waals surface area contributed by atoms with Crippen LogP contribution in [0.2, 0.25) is 0 Å². The third-order valence-corrected chi connectivity index (χ3v) is 8.37. The van der Waals surface area contributed by atoms with E-state index in [1.165, 1.54) is 19.1 Å². The molecule has 0 radical (unpaired) electrons. The van der Waals surface area contributed by atoms with Crippen molar-refractivity contribution in [2.75, 3.05) is 31.4 Å². The molecule has 202 valence electrons. The molecule has 4 rings (SSSR count). The molecule has 2 N–H and O–H groups in total. The number of likely N-dealkylation sites (tertiary alicyclic amines) is 1. The molecule has 2 fully saturated rings. The largest absolute Gasteiger partial charge is 0.494 e. The molecule has 2 aliphatic rings. The number of methoxy groups -OCH3 is 2. The lowest BCUT2D eigenvalue weighted by Crippen LogP contribution is -2.59. The molecule has 1 saturated carbocycles. The number of fused-ring (bicyclic) bond motifs is 2. The van der Waals surface area contributed by atoms with E-state index >= 15 is 0 Å². The van der Waals surface area contributed by atoms with Gasteiger partial charge < -0.3 is 20.1 Å². The monoisotopic (exact) mass is 521 g/mol. The van der Waals surface area contributed by atoms with Gasteiger partial charge in [0.1, 0.15) is 11.5 Å². The molecule has 2 bridgehead atoms. The van der Waals surface area contributed by atoms with Crippen LogP contribution in [0.15, 0.2) is 42.5 Å². The molecule has 1 heterocycles. The van der Waals surface area contributed by atoms with Crippen LogP contribution < -0.4 is 20.1 Å². The first-order valence-electron chi connectivity index (χ1n) is 12.8. The Kier molecular flexibility index (Phi) is 7.49. The van der Waals surface area contributed by atoms with E-state index in [1.807, 2.05) is 26.8 Å². The van der Waals surface area contributed by atoms with Crippen molar-refractivity contribution in [1.82, 2.24) is 4.90 Å². The molecule has 0 aromatic heterocycles. The first-order valence-corrected chi connectivity index (χ1v) is 12.8. The first-order chi connectivity index (χ1) is 18.0. The average Bonchev–Trinajstić information content (AvgIpc) is 3.09. The molecule has 4 amide bonds. The van der Waals surface area contributed by atoms with Gasteiger partial charge in [-0.1, -0.05) is 39.0 Å². The van der Waals surface area contributed by atoms with E-state index in [1.54, 1.807) is 36.4 Å². The smallest absolute Gasteiger partial charge is 0.255 e. The summed E-state index contributed by atoms with van der Waals surface area (Å²) in [6.07, 6.45) is 1.88. The van der Waals surface area contributed by atoms with Gasteiger partial charge in [-0.25, -0.2) is 0 Å². The molecule has 2 atom stereocenters. The number of benzene rings is 2. The lowest BCUT2D eigenvalue weighted by atomic mass is 9.62. The summed E-state index contributed by atoms with van der Waals surface area (Å²) >= 11 is 0. The number of anilines is 2. The van der Waals surface area contributed by atoms with Gasteiger partial charge in [0.15, 0.2) is 0 Å². The lowest BCUT2D eigenvalue weighted by Gasteiger charge is -2.47. The Morgan fingerprint density at radius 3 is 2.18 bits per heavy atom. The van der Waals surface area contributed by atoms with E-state index in [0.29, 0.717) is 47.7 Å². The van der Waals surface area contributed by atoms with Crippen LogP contribution in [0.5, 0.6) is 11.5 Å². The average molecular weight is 522 g/mol. The Morgan fingerprint density at radius 1 is 0.974 bits per heavy atom. The number of rotatable bonds is 9. The zero-order chi connectivity index (χ0) is 27.7. The quantitative estimate of drug-likeness (QED) is 0.470. The van der Waals surface area contributed by atoms with Gasteiger partial charge in [-0.15, -0.1) is 0 Å². The zero-order valence-electron chi connectivity index (χ0n) is 22.6. The number of ether oxygens (including phenoxy) is 2. The molecule has 2 unspecified atom stereocenters. The summed E-state index contributed by atoms with van der Waals surface area (Å²) in [6.45, 7) is 6.17. The second-order valence-corrected chi connectivity index (χ2v) is 10.7. The Bertz CT molecular complexity index is 1260. The number of imide groups is 1. The Morgan fingerprint density at radius 2 is 1.58 bits per heavy atom. The highest BCUT2D eigenvalue weighted by Gasteiger charge is 2.64. The van der Waals surface area contributed by atoms with Gasteiger partial charge in [0.25, 0.3) is 5.91 Å². The van der Waals surface area contributed by atoms with Crippen LogP contribution in [-0.2, 0) is 14.4 Å². The van der Waals surface area contributed by atoms with Crippen molar-refractivity contribution in [3.63, 3.8) is 0 Å². The minimum Gasteiger partial charge on any atom is -0.494 e. The molecule has 0 spiro atoms. The number of hydrogen-bond acceptors (Lipinski definition) is 6. The van der Waals surface area contributed by atoms with Crippen molar-refractivity contribution in [3.05, 3.63) is 48.0 Å². The van der Waals surface area contributed by atoms with Crippen LogP contribution in [0.4, 0.5) is 11.4 Å². The van der Waals surface area contributed by atoms with E-state index in [4.69, 9.17) is 9.47 Å². The van der Waals surface area contributed by atoms with Gasteiger partial charge >= 0.3 is 0 Å². The number of nitrogens with zero attached hydrogens (tertiary/aromatic N) is 1. The Labute approximate surface area is 222 Å². The van der Waals surface area contributed by atoms with Crippen LogP contribution in [0.3, 0.4) is 0 Å². The van der Waals surface area contributed by atoms with Crippen molar-refractivity contribution >= 4 is 35.0 Å². The Balaban J connectivity index is 1.40. The molecular weight excluding hydrogens is 486 g/mol. The first kappa shape index (κ1) is 27.2. The minimum atomic E-state index is -0.560. The molecule has 9 nitrogen and oxygen atoms in total. The van der Waals surface area contributed by atoms with Gasteiger partial charge in [0.05, 0.1) is 31.0 Å². The summed E-state index contributed by atoms with van der Waals surface area (Å²) in [5, 5.41) is 5.62. The predicted molar refractivity (Wildman–Crippen MR) is 143 cm³/mol. The van der Waals surface area contributed by atoms with Gasteiger partial charge in [0.2, 0.25) is 17.7 Å². The molecule has 1 aliphatic carbocycles. The van der Waals surface area contributed by atoms with E-state index in [9.17, 15) is 19.2 Å². The van der Waals surface area contributed by atoms with Crippen molar-refractivity contribution < 1.29 is 28.7 Å². The fourth-order valence-corrected chi connectivity index (χ4v) is 5.60. The van der Waals surface area contributed by atoms with Crippen molar-refractivity contribution in [2.45, 2.75) is 46.5 Å². The molecule has 1 aliphatic heterocycles. The van der Waals surface area contributed by atoms with Crippen LogP contribution >= 0.6 is 0 Å². The molecule has 9 heteroatoms. The fourth-order valence-electron chi connectivity index (χ4n) is 5.60. The fraction of sp³-hybridized carbons (Fsp3) is 0.448. The van der Waals surface area contributed by atoms with Crippen molar-refractivity contribution in [1.29, 1.82) is 0 Å². The second kappa shape index (κ2) is 10.5. The number of piperidine rings is 1. The number of hydrogen-bond donors (Lipinski definition) is 2. The van der Waals surface area contributed by atoms with Crippen LogP contribution in [0.1, 0.15) is 56.8 Å². The highest BCUT2D eigenvalue weighted by Crippen LogP contribution is 2.60. The molecule has 2 aromatic carbocycles. The van der Waals surface area contributed by atoms with E-state index in [2.05, 4.69) is 10.6 Å². The maximum atomic E-state index is 13.2. The lowest BCUT2D eigenvalue weighted by molar-refractivity contribution is -0.168.